The van der Waals surface area contributed by atoms with E-state index in [1.54, 1.807) is 12.3 Å². The Balaban J connectivity index is 2.74. The van der Waals surface area contributed by atoms with E-state index in [2.05, 4.69) is 24.1 Å². The molecule has 0 aliphatic heterocycles. The number of hydrogen-bond donors (Lipinski definition) is 2. The van der Waals surface area contributed by atoms with Gasteiger partial charge < -0.3 is 11.1 Å². The van der Waals surface area contributed by atoms with Gasteiger partial charge in [-0.2, -0.15) is 5.26 Å². The molecule has 0 saturated heterocycles. The summed E-state index contributed by atoms with van der Waals surface area (Å²) in [5.74, 6) is 1.17. The van der Waals surface area contributed by atoms with E-state index in [4.69, 9.17) is 11.0 Å². The van der Waals surface area contributed by atoms with Gasteiger partial charge in [0.25, 0.3) is 0 Å². The number of anilines is 2. The van der Waals surface area contributed by atoms with Crippen LogP contribution in [0.3, 0.4) is 0 Å². The lowest BCUT2D eigenvalue weighted by Crippen LogP contribution is -2.13. The molecule has 1 atom stereocenters. The summed E-state index contributed by atoms with van der Waals surface area (Å²) >= 11 is 0. The molecule has 4 nitrogen and oxygen atoms in total. The molecule has 0 spiro atoms. The van der Waals surface area contributed by atoms with E-state index in [1.807, 2.05) is 6.07 Å². The molecular weight excluding hydrogens is 188 g/mol. The van der Waals surface area contributed by atoms with Crippen molar-refractivity contribution in [2.75, 3.05) is 17.6 Å². The van der Waals surface area contributed by atoms with Gasteiger partial charge in [-0.25, -0.2) is 4.98 Å². The van der Waals surface area contributed by atoms with E-state index in [1.165, 1.54) is 0 Å². The molecule has 0 fully saturated rings. The average molecular weight is 204 g/mol. The maximum absolute atomic E-state index is 8.78. The summed E-state index contributed by atoms with van der Waals surface area (Å²) in [7, 11) is 0. The quantitative estimate of drug-likeness (QED) is 0.786. The topological polar surface area (TPSA) is 74.7 Å². The van der Waals surface area contributed by atoms with Gasteiger partial charge in [0.2, 0.25) is 0 Å². The third kappa shape index (κ3) is 2.84. The molecule has 0 saturated carbocycles. The second-order valence-electron chi connectivity index (χ2n) is 3.63. The van der Waals surface area contributed by atoms with Gasteiger partial charge in [0.05, 0.1) is 11.3 Å². The number of nitrogens with two attached hydrogens (primary N) is 1. The Labute approximate surface area is 90.1 Å². The van der Waals surface area contributed by atoms with Gasteiger partial charge in [0.1, 0.15) is 6.07 Å². The summed E-state index contributed by atoms with van der Waals surface area (Å²) < 4.78 is 0. The first kappa shape index (κ1) is 11.3. The van der Waals surface area contributed by atoms with Crippen molar-refractivity contribution >= 4 is 11.5 Å². The molecule has 80 valence electrons. The monoisotopic (exact) mass is 204 g/mol. The van der Waals surface area contributed by atoms with Crippen molar-refractivity contribution in [3.63, 3.8) is 0 Å². The van der Waals surface area contributed by atoms with Crippen molar-refractivity contribution in [1.82, 2.24) is 4.98 Å². The van der Waals surface area contributed by atoms with Crippen LogP contribution in [0.4, 0.5) is 11.5 Å². The standard InChI is InChI=1S/C11H16N4/c1-3-8(2)7-15-11-10(13)9(6-12)4-5-14-11/h4-5,8H,3,7,13H2,1-2H3,(H,14,15). The zero-order valence-corrected chi connectivity index (χ0v) is 9.12. The molecule has 0 radical (unpaired) electrons. The molecule has 4 heteroatoms. The largest absolute Gasteiger partial charge is 0.395 e. The van der Waals surface area contributed by atoms with Crippen molar-refractivity contribution < 1.29 is 0 Å². The SMILES string of the molecule is CCC(C)CNc1nccc(C#N)c1N. The molecule has 0 aliphatic rings. The highest BCUT2D eigenvalue weighted by atomic mass is 15.0. The molecule has 1 aromatic rings. The van der Waals surface area contributed by atoms with Gasteiger partial charge >= 0.3 is 0 Å². The highest BCUT2D eigenvalue weighted by Crippen LogP contribution is 2.19. The summed E-state index contributed by atoms with van der Waals surface area (Å²) in [5, 5.41) is 11.9. The van der Waals surface area contributed by atoms with E-state index >= 15 is 0 Å². The van der Waals surface area contributed by atoms with Crippen molar-refractivity contribution in [3.8, 4) is 6.07 Å². The minimum Gasteiger partial charge on any atom is -0.395 e. The summed E-state index contributed by atoms with van der Waals surface area (Å²) in [4.78, 5) is 4.11. The van der Waals surface area contributed by atoms with E-state index in [0.717, 1.165) is 13.0 Å². The molecule has 3 N–H and O–H groups in total. The van der Waals surface area contributed by atoms with Crippen LogP contribution in [0, 0.1) is 17.2 Å². The van der Waals surface area contributed by atoms with Crippen LogP contribution in [0.25, 0.3) is 0 Å². The van der Waals surface area contributed by atoms with Crippen LogP contribution in [0.2, 0.25) is 0 Å². The van der Waals surface area contributed by atoms with E-state index < -0.39 is 0 Å². The van der Waals surface area contributed by atoms with Gasteiger partial charge in [0.15, 0.2) is 5.82 Å². The van der Waals surface area contributed by atoms with Crippen LogP contribution in [0.1, 0.15) is 25.8 Å². The average Bonchev–Trinajstić information content (AvgIpc) is 2.27. The number of rotatable bonds is 4. The minimum atomic E-state index is 0.434. The van der Waals surface area contributed by atoms with Gasteiger partial charge in [-0.3, -0.25) is 0 Å². The Hall–Kier alpha value is -1.76. The predicted molar refractivity (Wildman–Crippen MR) is 61.3 cm³/mol. The molecule has 1 unspecified atom stereocenters. The Kier molecular flexibility index (Phi) is 3.92. The maximum Gasteiger partial charge on any atom is 0.150 e. The van der Waals surface area contributed by atoms with Crippen LogP contribution in [-0.2, 0) is 0 Å². The van der Waals surface area contributed by atoms with Crippen molar-refractivity contribution in [2.45, 2.75) is 20.3 Å². The van der Waals surface area contributed by atoms with E-state index in [-0.39, 0.29) is 0 Å². The maximum atomic E-state index is 8.78. The molecule has 1 heterocycles. The fourth-order valence-electron chi connectivity index (χ4n) is 1.13. The second kappa shape index (κ2) is 5.20. The lowest BCUT2D eigenvalue weighted by molar-refractivity contribution is 0.592. The highest BCUT2D eigenvalue weighted by molar-refractivity contribution is 5.68. The number of nitrogens with zero attached hydrogens (tertiary/aromatic N) is 2. The van der Waals surface area contributed by atoms with Crippen LogP contribution in [-0.4, -0.2) is 11.5 Å². The molecular formula is C11H16N4. The van der Waals surface area contributed by atoms with Crippen molar-refractivity contribution in [1.29, 1.82) is 5.26 Å². The van der Waals surface area contributed by atoms with Gasteiger partial charge in [0, 0.05) is 12.7 Å². The van der Waals surface area contributed by atoms with Gasteiger partial charge in [-0.05, 0) is 12.0 Å². The third-order valence-corrected chi connectivity index (χ3v) is 2.43. The van der Waals surface area contributed by atoms with Crippen LogP contribution < -0.4 is 11.1 Å². The number of aromatic nitrogens is 1. The number of hydrogen-bond acceptors (Lipinski definition) is 4. The summed E-state index contributed by atoms with van der Waals surface area (Å²) in [6.07, 6.45) is 2.69. The molecule has 0 aliphatic carbocycles. The Morgan fingerprint density at radius 3 is 3.00 bits per heavy atom. The number of nitriles is 1. The molecule has 0 amide bonds. The third-order valence-electron chi connectivity index (χ3n) is 2.43. The van der Waals surface area contributed by atoms with Gasteiger partial charge in [-0.15, -0.1) is 0 Å². The fourth-order valence-corrected chi connectivity index (χ4v) is 1.13. The second-order valence-corrected chi connectivity index (χ2v) is 3.63. The first-order chi connectivity index (χ1) is 7.19. The van der Waals surface area contributed by atoms with Gasteiger partial charge in [-0.1, -0.05) is 20.3 Å². The number of nitrogens with one attached hydrogen (secondary N) is 1. The fraction of sp³-hybridized carbons (Fsp3) is 0.455. The summed E-state index contributed by atoms with van der Waals surface area (Å²) in [6.45, 7) is 5.11. The first-order valence-electron chi connectivity index (χ1n) is 5.07. The Morgan fingerprint density at radius 2 is 2.40 bits per heavy atom. The molecule has 0 bridgehead atoms. The van der Waals surface area contributed by atoms with E-state index in [0.29, 0.717) is 23.0 Å². The number of pyridine rings is 1. The van der Waals surface area contributed by atoms with Crippen molar-refractivity contribution in [2.24, 2.45) is 5.92 Å². The molecule has 1 rings (SSSR count). The number of nitrogen functional groups attached to an aromatic ring is 1. The lowest BCUT2D eigenvalue weighted by atomic mass is 10.1. The van der Waals surface area contributed by atoms with Crippen molar-refractivity contribution in [3.05, 3.63) is 17.8 Å². The van der Waals surface area contributed by atoms with E-state index in [9.17, 15) is 0 Å². The van der Waals surface area contributed by atoms with Crippen LogP contribution >= 0.6 is 0 Å². The first-order valence-corrected chi connectivity index (χ1v) is 5.07. The summed E-state index contributed by atoms with van der Waals surface area (Å²) in [5.41, 5.74) is 6.68. The lowest BCUT2D eigenvalue weighted by Gasteiger charge is -2.12. The van der Waals surface area contributed by atoms with Crippen LogP contribution in [0.5, 0.6) is 0 Å². The zero-order valence-electron chi connectivity index (χ0n) is 9.12. The molecule has 1 aromatic heterocycles. The normalized spacial score (nSPS) is 11.8. The predicted octanol–water partition coefficient (Wildman–Crippen LogP) is 1.99. The summed E-state index contributed by atoms with van der Waals surface area (Å²) in [6, 6.07) is 3.65. The highest BCUT2D eigenvalue weighted by Gasteiger charge is 2.06. The molecule has 0 aromatic carbocycles. The Bertz CT molecular complexity index is 367. The smallest absolute Gasteiger partial charge is 0.150 e. The van der Waals surface area contributed by atoms with Crippen LogP contribution in [0.15, 0.2) is 12.3 Å². The minimum absolute atomic E-state index is 0.434. The zero-order chi connectivity index (χ0) is 11.3. The Morgan fingerprint density at radius 1 is 1.67 bits per heavy atom. The molecule has 15 heavy (non-hydrogen) atoms.